The Morgan fingerprint density at radius 1 is 0.800 bits per heavy atom. The van der Waals surface area contributed by atoms with Crippen LogP contribution >= 0.6 is 0 Å². The number of likely N-dealkylation sites (tertiary alicyclic amines) is 1. The first-order chi connectivity index (χ1) is 7.43. The summed E-state index contributed by atoms with van der Waals surface area (Å²) in [6, 6.07) is 0. The molecule has 0 radical (unpaired) electrons. The van der Waals surface area contributed by atoms with E-state index in [2.05, 4.69) is 11.8 Å². The predicted molar refractivity (Wildman–Crippen MR) is 72.5 cm³/mol. The van der Waals surface area contributed by atoms with Gasteiger partial charge in [0.25, 0.3) is 0 Å². The maximum Gasteiger partial charge on any atom is -0.00187 e. The van der Waals surface area contributed by atoms with Crippen molar-refractivity contribution in [3.63, 3.8) is 0 Å². The normalized spacial score (nSPS) is 16.6. The molecule has 0 aromatic rings. The van der Waals surface area contributed by atoms with E-state index in [4.69, 9.17) is 0 Å². The van der Waals surface area contributed by atoms with Gasteiger partial charge < -0.3 is 4.90 Å². The summed E-state index contributed by atoms with van der Waals surface area (Å²) in [5.41, 5.74) is 0. The fraction of sp³-hybridized carbons (Fsp3) is 1.00. The summed E-state index contributed by atoms with van der Waals surface area (Å²) in [4.78, 5) is 2.64. The monoisotopic (exact) mass is 215 g/mol. The summed E-state index contributed by atoms with van der Waals surface area (Å²) in [7, 11) is 0. The molecule has 94 valence electrons. The molecule has 0 atom stereocenters. The molecule has 0 aromatic carbocycles. The number of unbranched alkanes of at least 4 members (excludes halogenated alkanes) is 1. The third-order valence-electron chi connectivity index (χ3n) is 2.53. The van der Waals surface area contributed by atoms with E-state index in [1.54, 1.807) is 0 Å². The average molecular weight is 215 g/mol. The first-order valence-corrected chi connectivity index (χ1v) is 7.16. The van der Waals surface area contributed by atoms with Crippen LogP contribution in [0.1, 0.15) is 73.1 Å². The smallest absolute Gasteiger partial charge is 0.00187 e. The summed E-state index contributed by atoms with van der Waals surface area (Å²) in [5.74, 6) is 0. The van der Waals surface area contributed by atoms with Crippen LogP contribution in [0.4, 0.5) is 0 Å². The second-order valence-corrected chi connectivity index (χ2v) is 3.61. The molecule has 0 saturated carbocycles. The van der Waals surface area contributed by atoms with Gasteiger partial charge in [-0.05, 0) is 38.9 Å². The maximum atomic E-state index is 2.64. The Labute approximate surface area is 98.2 Å². The summed E-state index contributed by atoms with van der Waals surface area (Å²) in [6.07, 6.45) is 8.52. The van der Waals surface area contributed by atoms with Crippen LogP contribution in [-0.4, -0.2) is 24.5 Å². The van der Waals surface area contributed by atoms with Gasteiger partial charge in [-0.1, -0.05) is 53.9 Å². The van der Waals surface area contributed by atoms with E-state index in [0.29, 0.717) is 0 Å². The van der Waals surface area contributed by atoms with Gasteiger partial charge >= 0.3 is 0 Å². The standard InChI is InChI=1S/C10H21N.2C2H6/c1-2-3-8-11-9-6-4-5-7-10-11;2*1-2/h2-10H2,1H3;2*1-2H3. The molecule has 1 rings (SSSR count). The maximum absolute atomic E-state index is 2.64. The average Bonchev–Trinajstić information content (AvgIpc) is 2.60. The van der Waals surface area contributed by atoms with Crippen LogP contribution in [0.5, 0.6) is 0 Å². The molecule has 0 aliphatic carbocycles. The molecule has 1 saturated heterocycles. The highest BCUT2D eigenvalue weighted by atomic mass is 15.1. The summed E-state index contributed by atoms with van der Waals surface area (Å²) < 4.78 is 0. The molecule has 15 heavy (non-hydrogen) atoms. The van der Waals surface area contributed by atoms with E-state index in [1.165, 1.54) is 58.2 Å². The molecule has 1 heterocycles. The van der Waals surface area contributed by atoms with Gasteiger partial charge in [-0.15, -0.1) is 0 Å². The largest absolute Gasteiger partial charge is 0.303 e. The van der Waals surface area contributed by atoms with Gasteiger partial charge in [0, 0.05) is 0 Å². The molecule has 1 heteroatoms. The fourth-order valence-electron chi connectivity index (χ4n) is 1.74. The Hall–Kier alpha value is -0.0400. The molecule has 0 amide bonds. The van der Waals surface area contributed by atoms with Crippen molar-refractivity contribution in [2.45, 2.75) is 73.1 Å². The second kappa shape index (κ2) is 16.4. The molecule has 0 bridgehead atoms. The van der Waals surface area contributed by atoms with Crippen LogP contribution in [0.3, 0.4) is 0 Å². The van der Waals surface area contributed by atoms with Gasteiger partial charge in [0.2, 0.25) is 0 Å². The summed E-state index contributed by atoms with van der Waals surface area (Å²) >= 11 is 0. The Bertz CT molecular complexity index is 83.3. The van der Waals surface area contributed by atoms with Crippen LogP contribution in [0, 0.1) is 0 Å². The second-order valence-electron chi connectivity index (χ2n) is 3.61. The molecule has 1 aliphatic heterocycles. The van der Waals surface area contributed by atoms with E-state index in [1.807, 2.05) is 27.7 Å². The third-order valence-corrected chi connectivity index (χ3v) is 2.53. The van der Waals surface area contributed by atoms with Crippen LogP contribution in [0.25, 0.3) is 0 Å². The van der Waals surface area contributed by atoms with Gasteiger partial charge in [0.1, 0.15) is 0 Å². The van der Waals surface area contributed by atoms with Crippen molar-refractivity contribution in [2.24, 2.45) is 0 Å². The van der Waals surface area contributed by atoms with E-state index in [-0.39, 0.29) is 0 Å². The zero-order valence-corrected chi connectivity index (χ0v) is 11.8. The lowest BCUT2D eigenvalue weighted by molar-refractivity contribution is 0.280. The highest BCUT2D eigenvalue weighted by Gasteiger charge is 2.06. The molecule has 0 aromatic heterocycles. The molecule has 1 nitrogen and oxygen atoms in total. The highest BCUT2D eigenvalue weighted by Crippen LogP contribution is 2.09. The van der Waals surface area contributed by atoms with Crippen LogP contribution < -0.4 is 0 Å². The van der Waals surface area contributed by atoms with Gasteiger partial charge in [-0.2, -0.15) is 0 Å². The molecular weight excluding hydrogens is 182 g/mol. The molecule has 1 aliphatic rings. The molecular formula is C14H33N. The predicted octanol–water partition coefficient (Wildman–Crippen LogP) is 4.71. The minimum atomic E-state index is 1.34. The van der Waals surface area contributed by atoms with Gasteiger partial charge in [0.15, 0.2) is 0 Å². The van der Waals surface area contributed by atoms with Crippen molar-refractivity contribution in [3.8, 4) is 0 Å². The van der Waals surface area contributed by atoms with Crippen molar-refractivity contribution in [1.82, 2.24) is 4.90 Å². The zero-order valence-electron chi connectivity index (χ0n) is 11.8. The fourth-order valence-corrected chi connectivity index (χ4v) is 1.74. The third kappa shape index (κ3) is 11.9. The lowest BCUT2D eigenvalue weighted by Gasteiger charge is -2.18. The Balaban J connectivity index is 0. The number of rotatable bonds is 3. The van der Waals surface area contributed by atoms with Crippen molar-refractivity contribution in [1.29, 1.82) is 0 Å². The zero-order chi connectivity index (χ0) is 11.9. The Kier molecular flexibility index (Phi) is 19.0. The van der Waals surface area contributed by atoms with E-state index in [0.717, 1.165) is 0 Å². The molecule has 0 unspecified atom stereocenters. The topological polar surface area (TPSA) is 3.24 Å². The summed E-state index contributed by atoms with van der Waals surface area (Å²) in [6.45, 7) is 14.3. The van der Waals surface area contributed by atoms with Crippen molar-refractivity contribution < 1.29 is 0 Å². The first-order valence-electron chi connectivity index (χ1n) is 7.16. The quantitative estimate of drug-likeness (QED) is 0.659. The van der Waals surface area contributed by atoms with E-state index < -0.39 is 0 Å². The molecule has 1 fully saturated rings. The van der Waals surface area contributed by atoms with Crippen molar-refractivity contribution in [3.05, 3.63) is 0 Å². The van der Waals surface area contributed by atoms with E-state index in [9.17, 15) is 0 Å². The van der Waals surface area contributed by atoms with Gasteiger partial charge in [-0.25, -0.2) is 0 Å². The van der Waals surface area contributed by atoms with Crippen LogP contribution in [0.15, 0.2) is 0 Å². The highest BCUT2D eigenvalue weighted by molar-refractivity contribution is 4.62. The van der Waals surface area contributed by atoms with Crippen molar-refractivity contribution >= 4 is 0 Å². The first kappa shape index (κ1) is 17.4. The lowest BCUT2D eigenvalue weighted by Crippen LogP contribution is -2.25. The SMILES string of the molecule is CC.CC.CCCCN1CCCCCC1. The van der Waals surface area contributed by atoms with E-state index >= 15 is 0 Å². The lowest BCUT2D eigenvalue weighted by atomic mass is 10.2. The molecule has 0 spiro atoms. The number of nitrogens with zero attached hydrogens (tertiary/aromatic N) is 1. The van der Waals surface area contributed by atoms with Crippen LogP contribution in [0.2, 0.25) is 0 Å². The van der Waals surface area contributed by atoms with Crippen LogP contribution in [-0.2, 0) is 0 Å². The van der Waals surface area contributed by atoms with Gasteiger partial charge in [-0.3, -0.25) is 0 Å². The Morgan fingerprint density at radius 2 is 1.27 bits per heavy atom. The Morgan fingerprint density at radius 3 is 1.67 bits per heavy atom. The number of hydrogen-bond donors (Lipinski definition) is 0. The summed E-state index contributed by atoms with van der Waals surface area (Å²) in [5, 5.41) is 0. The minimum Gasteiger partial charge on any atom is -0.303 e. The van der Waals surface area contributed by atoms with Crippen molar-refractivity contribution in [2.75, 3.05) is 19.6 Å². The van der Waals surface area contributed by atoms with Gasteiger partial charge in [0.05, 0.1) is 0 Å². The minimum absolute atomic E-state index is 1.34. The molecule has 0 N–H and O–H groups in total. The number of hydrogen-bond acceptors (Lipinski definition) is 1.